The third-order valence-corrected chi connectivity index (χ3v) is 3.68. The number of esters is 1. The summed E-state index contributed by atoms with van der Waals surface area (Å²) in [6, 6.07) is 14.2. The molecule has 7 heteroatoms. The SMILES string of the molecule is CCOC(=O)COc1cccc(NC(=O)COc2ccc(I)cc2)c1. The first-order valence-electron chi connectivity index (χ1n) is 7.63. The molecule has 2 aromatic carbocycles. The van der Waals surface area contributed by atoms with Crippen molar-refractivity contribution in [2.24, 2.45) is 0 Å². The number of benzene rings is 2. The van der Waals surface area contributed by atoms with Crippen molar-refractivity contribution in [1.29, 1.82) is 0 Å². The quantitative estimate of drug-likeness (QED) is 0.489. The number of hydrogen-bond donors (Lipinski definition) is 1. The number of amides is 1. The van der Waals surface area contributed by atoms with Crippen molar-refractivity contribution >= 4 is 40.2 Å². The first-order valence-corrected chi connectivity index (χ1v) is 8.71. The zero-order chi connectivity index (χ0) is 18.1. The minimum Gasteiger partial charge on any atom is -0.484 e. The van der Waals surface area contributed by atoms with Crippen LogP contribution in [-0.2, 0) is 14.3 Å². The molecular formula is C18H18INO5. The lowest BCUT2D eigenvalue weighted by atomic mass is 10.3. The summed E-state index contributed by atoms with van der Waals surface area (Å²) in [7, 11) is 0. The van der Waals surface area contributed by atoms with Crippen LogP contribution in [0, 0.1) is 3.57 Å². The fourth-order valence-corrected chi connectivity index (χ4v) is 2.24. The van der Waals surface area contributed by atoms with E-state index < -0.39 is 5.97 Å². The molecule has 0 heterocycles. The molecule has 25 heavy (non-hydrogen) atoms. The van der Waals surface area contributed by atoms with E-state index in [1.165, 1.54) is 0 Å². The summed E-state index contributed by atoms with van der Waals surface area (Å²) in [6.07, 6.45) is 0. The van der Waals surface area contributed by atoms with Gasteiger partial charge in [-0.1, -0.05) is 6.07 Å². The fourth-order valence-electron chi connectivity index (χ4n) is 1.89. The Morgan fingerprint density at radius 1 is 1.00 bits per heavy atom. The Morgan fingerprint density at radius 3 is 2.44 bits per heavy atom. The molecular weight excluding hydrogens is 437 g/mol. The zero-order valence-corrected chi connectivity index (χ0v) is 15.8. The Labute approximate surface area is 159 Å². The summed E-state index contributed by atoms with van der Waals surface area (Å²) in [5.74, 6) is 0.357. The Kier molecular flexibility index (Phi) is 7.52. The summed E-state index contributed by atoms with van der Waals surface area (Å²) in [5.41, 5.74) is 0.553. The smallest absolute Gasteiger partial charge is 0.344 e. The van der Waals surface area contributed by atoms with Crippen molar-refractivity contribution in [3.63, 3.8) is 0 Å². The molecule has 0 aromatic heterocycles. The molecule has 0 atom stereocenters. The molecule has 0 unspecified atom stereocenters. The number of carbonyl (C=O) groups excluding carboxylic acids is 2. The van der Waals surface area contributed by atoms with Gasteiger partial charge in [-0.05, 0) is 65.9 Å². The van der Waals surface area contributed by atoms with Gasteiger partial charge in [-0.2, -0.15) is 0 Å². The van der Waals surface area contributed by atoms with E-state index in [9.17, 15) is 9.59 Å². The number of ether oxygens (including phenoxy) is 3. The summed E-state index contributed by atoms with van der Waals surface area (Å²) in [4.78, 5) is 23.2. The molecule has 0 radical (unpaired) electrons. The van der Waals surface area contributed by atoms with E-state index in [-0.39, 0.29) is 19.1 Å². The van der Waals surface area contributed by atoms with Crippen molar-refractivity contribution in [1.82, 2.24) is 0 Å². The van der Waals surface area contributed by atoms with Crippen molar-refractivity contribution < 1.29 is 23.8 Å². The Balaban J connectivity index is 1.82. The second-order valence-electron chi connectivity index (χ2n) is 4.91. The van der Waals surface area contributed by atoms with Crippen LogP contribution < -0.4 is 14.8 Å². The van der Waals surface area contributed by atoms with E-state index in [4.69, 9.17) is 14.2 Å². The minimum absolute atomic E-state index is 0.103. The van der Waals surface area contributed by atoms with Gasteiger partial charge in [0.25, 0.3) is 5.91 Å². The molecule has 0 saturated carbocycles. The summed E-state index contributed by atoms with van der Waals surface area (Å²) >= 11 is 2.20. The van der Waals surface area contributed by atoms with Crippen molar-refractivity contribution in [2.75, 3.05) is 25.1 Å². The lowest BCUT2D eigenvalue weighted by Crippen LogP contribution is -2.20. The average Bonchev–Trinajstić information content (AvgIpc) is 2.60. The second kappa shape index (κ2) is 9.87. The Hall–Kier alpha value is -2.29. The van der Waals surface area contributed by atoms with E-state index >= 15 is 0 Å². The van der Waals surface area contributed by atoms with Crippen LogP contribution in [0.1, 0.15) is 6.92 Å². The van der Waals surface area contributed by atoms with E-state index in [1.807, 2.05) is 12.1 Å². The van der Waals surface area contributed by atoms with E-state index in [0.29, 0.717) is 23.8 Å². The highest BCUT2D eigenvalue weighted by Crippen LogP contribution is 2.18. The molecule has 1 amide bonds. The van der Waals surface area contributed by atoms with Crippen LogP contribution in [0.2, 0.25) is 0 Å². The van der Waals surface area contributed by atoms with E-state index in [1.54, 1.807) is 43.3 Å². The van der Waals surface area contributed by atoms with Crippen LogP contribution in [0.4, 0.5) is 5.69 Å². The van der Waals surface area contributed by atoms with Gasteiger partial charge in [0.15, 0.2) is 13.2 Å². The molecule has 0 saturated heterocycles. The van der Waals surface area contributed by atoms with Crippen molar-refractivity contribution in [2.45, 2.75) is 6.92 Å². The third kappa shape index (κ3) is 7.00. The van der Waals surface area contributed by atoms with Crippen LogP contribution in [0.15, 0.2) is 48.5 Å². The van der Waals surface area contributed by atoms with E-state index in [2.05, 4.69) is 27.9 Å². The topological polar surface area (TPSA) is 73.9 Å². The highest BCUT2D eigenvalue weighted by Gasteiger charge is 2.07. The maximum Gasteiger partial charge on any atom is 0.344 e. The molecule has 1 N–H and O–H groups in total. The van der Waals surface area contributed by atoms with Crippen molar-refractivity contribution in [3.8, 4) is 11.5 Å². The van der Waals surface area contributed by atoms with Gasteiger partial charge in [0.1, 0.15) is 11.5 Å². The largest absolute Gasteiger partial charge is 0.484 e. The van der Waals surface area contributed by atoms with Gasteiger partial charge in [-0.15, -0.1) is 0 Å². The molecule has 0 aliphatic heterocycles. The van der Waals surface area contributed by atoms with Gasteiger partial charge in [-0.3, -0.25) is 4.79 Å². The van der Waals surface area contributed by atoms with Gasteiger partial charge in [0, 0.05) is 15.3 Å². The lowest BCUT2D eigenvalue weighted by Gasteiger charge is -2.10. The molecule has 0 aliphatic rings. The highest BCUT2D eigenvalue weighted by atomic mass is 127. The van der Waals surface area contributed by atoms with Gasteiger partial charge in [0.2, 0.25) is 0 Å². The average molecular weight is 455 g/mol. The molecule has 132 valence electrons. The first kappa shape index (κ1) is 19.0. The number of nitrogens with one attached hydrogen (secondary N) is 1. The number of hydrogen-bond acceptors (Lipinski definition) is 5. The number of anilines is 1. The van der Waals surface area contributed by atoms with Crippen LogP contribution in [0.5, 0.6) is 11.5 Å². The zero-order valence-electron chi connectivity index (χ0n) is 13.7. The predicted molar refractivity (Wildman–Crippen MR) is 102 cm³/mol. The van der Waals surface area contributed by atoms with Crippen molar-refractivity contribution in [3.05, 3.63) is 52.1 Å². The standard InChI is InChI=1S/C18H18INO5/c1-2-23-18(22)12-25-16-5-3-4-14(10-16)20-17(21)11-24-15-8-6-13(19)7-9-15/h3-10H,2,11-12H2,1H3,(H,20,21). The molecule has 2 rings (SSSR count). The van der Waals surface area contributed by atoms with Crippen LogP contribution in [-0.4, -0.2) is 31.7 Å². The predicted octanol–water partition coefficient (Wildman–Crippen LogP) is 3.25. The minimum atomic E-state index is -0.442. The first-order chi connectivity index (χ1) is 12.1. The van der Waals surface area contributed by atoms with Crippen LogP contribution >= 0.6 is 22.6 Å². The van der Waals surface area contributed by atoms with E-state index in [0.717, 1.165) is 3.57 Å². The Morgan fingerprint density at radius 2 is 1.72 bits per heavy atom. The highest BCUT2D eigenvalue weighted by molar-refractivity contribution is 14.1. The van der Waals surface area contributed by atoms with Gasteiger partial charge in [0.05, 0.1) is 6.61 Å². The normalized spacial score (nSPS) is 10.0. The maximum absolute atomic E-state index is 12.0. The number of rotatable bonds is 8. The van der Waals surface area contributed by atoms with Gasteiger partial charge >= 0.3 is 5.97 Å². The molecule has 0 bridgehead atoms. The molecule has 0 spiro atoms. The third-order valence-electron chi connectivity index (χ3n) is 2.96. The molecule has 2 aromatic rings. The van der Waals surface area contributed by atoms with Gasteiger partial charge < -0.3 is 19.5 Å². The monoisotopic (exact) mass is 455 g/mol. The summed E-state index contributed by atoms with van der Waals surface area (Å²) in [5, 5.41) is 2.72. The maximum atomic E-state index is 12.0. The molecule has 0 fully saturated rings. The van der Waals surface area contributed by atoms with Crippen LogP contribution in [0.3, 0.4) is 0 Å². The summed E-state index contributed by atoms with van der Waals surface area (Å²) in [6.45, 7) is 1.75. The second-order valence-corrected chi connectivity index (χ2v) is 6.16. The van der Waals surface area contributed by atoms with Gasteiger partial charge in [-0.25, -0.2) is 4.79 Å². The number of carbonyl (C=O) groups is 2. The lowest BCUT2D eigenvalue weighted by molar-refractivity contribution is -0.145. The molecule has 6 nitrogen and oxygen atoms in total. The number of halogens is 1. The fraction of sp³-hybridized carbons (Fsp3) is 0.222. The summed E-state index contributed by atoms with van der Waals surface area (Å²) < 4.78 is 16.6. The molecule has 0 aliphatic carbocycles. The van der Waals surface area contributed by atoms with Crippen LogP contribution in [0.25, 0.3) is 0 Å². The Bertz CT molecular complexity index is 718.